The highest BCUT2D eigenvalue weighted by molar-refractivity contribution is 5.73. The smallest absolute Gasteiger partial charge is 0.222 e. The van der Waals surface area contributed by atoms with Crippen molar-refractivity contribution in [3.63, 3.8) is 0 Å². The van der Waals surface area contributed by atoms with Gasteiger partial charge in [0.15, 0.2) is 0 Å². The van der Waals surface area contributed by atoms with Gasteiger partial charge in [-0.3, -0.25) is 0 Å². The molecule has 2 aromatic carbocycles. The second kappa shape index (κ2) is 5.92. The number of aromatic nitrogens is 2. The van der Waals surface area contributed by atoms with Crippen LogP contribution in [0.3, 0.4) is 0 Å². The Morgan fingerprint density at radius 3 is 2.26 bits per heavy atom. The lowest BCUT2D eigenvalue weighted by Crippen LogP contribution is -1.98. The molecule has 118 valence electrons. The van der Waals surface area contributed by atoms with Gasteiger partial charge in [-0.15, -0.1) is 0 Å². The van der Waals surface area contributed by atoms with Crippen molar-refractivity contribution in [1.82, 2.24) is 9.78 Å². The summed E-state index contributed by atoms with van der Waals surface area (Å²) < 4.78 is 1.64. The molecule has 0 aliphatic carbocycles. The molecule has 1 heterocycles. The fraction of sp³-hybridized carbons (Fsp3) is 0.250. The zero-order valence-electron chi connectivity index (χ0n) is 14.0. The molecule has 0 aliphatic rings. The van der Waals surface area contributed by atoms with Gasteiger partial charge in [0.1, 0.15) is 0 Å². The number of aryl methyl sites for hydroxylation is 2. The molecule has 23 heavy (non-hydrogen) atoms. The van der Waals surface area contributed by atoms with Gasteiger partial charge in [-0.25, -0.2) is 4.68 Å². The highest BCUT2D eigenvalue weighted by Gasteiger charge is 2.21. The van der Waals surface area contributed by atoms with E-state index < -0.39 is 0 Å². The molecule has 3 rings (SSSR count). The standard InChI is InChI=1S/C20H22N2O/c1-13(2)19-18(16-10-8-14(3)9-11-16)20(23)22(21-19)17-7-5-6-15(4)12-17/h5-13,23H,1-4H3. The summed E-state index contributed by atoms with van der Waals surface area (Å²) in [4.78, 5) is 0. The molecular formula is C20H22N2O. The molecule has 3 nitrogen and oxygen atoms in total. The van der Waals surface area contributed by atoms with Crippen LogP contribution in [0.1, 0.15) is 36.6 Å². The molecule has 3 aromatic rings. The van der Waals surface area contributed by atoms with Crippen molar-refractivity contribution < 1.29 is 5.11 Å². The van der Waals surface area contributed by atoms with E-state index in [1.165, 1.54) is 5.56 Å². The van der Waals surface area contributed by atoms with Crippen LogP contribution in [0.4, 0.5) is 0 Å². The summed E-state index contributed by atoms with van der Waals surface area (Å²) in [5.74, 6) is 0.423. The SMILES string of the molecule is Cc1ccc(-c2c(C(C)C)nn(-c3cccc(C)c3)c2O)cc1. The van der Waals surface area contributed by atoms with Crippen molar-refractivity contribution in [3.8, 4) is 22.7 Å². The quantitative estimate of drug-likeness (QED) is 0.740. The van der Waals surface area contributed by atoms with Gasteiger partial charge in [0.05, 0.1) is 16.9 Å². The molecular weight excluding hydrogens is 284 g/mol. The summed E-state index contributed by atoms with van der Waals surface area (Å²) in [5.41, 5.74) is 5.94. The number of nitrogens with zero attached hydrogens (tertiary/aromatic N) is 2. The molecule has 1 aromatic heterocycles. The minimum atomic E-state index is 0.197. The van der Waals surface area contributed by atoms with Gasteiger partial charge in [0, 0.05) is 0 Å². The first-order valence-electron chi connectivity index (χ1n) is 7.93. The van der Waals surface area contributed by atoms with E-state index in [2.05, 4.69) is 38.0 Å². The van der Waals surface area contributed by atoms with E-state index in [1.54, 1.807) is 4.68 Å². The summed E-state index contributed by atoms with van der Waals surface area (Å²) in [6.45, 7) is 8.29. The van der Waals surface area contributed by atoms with E-state index in [-0.39, 0.29) is 11.8 Å². The molecule has 0 amide bonds. The second-order valence-electron chi connectivity index (χ2n) is 6.36. The Labute approximate surface area is 137 Å². The van der Waals surface area contributed by atoms with Gasteiger partial charge < -0.3 is 5.11 Å². The third-order valence-electron chi connectivity index (χ3n) is 4.02. The highest BCUT2D eigenvalue weighted by atomic mass is 16.3. The molecule has 0 aliphatic heterocycles. The zero-order chi connectivity index (χ0) is 16.6. The number of benzene rings is 2. The second-order valence-corrected chi connectivity index (χ2v) is 6.36. The van der Waals surface area contributed by atoms with Gasteiger partial charge in [-0.2, -0.15) is 5.10 Å². The number of hydrogen-bond acceptors (Lipinski definition) is 2. The maximum atomic E-state index is 10.8. The van der Waals surface area contributed by atoms with Crippen LogP contribution in [0.25, 0.3) is 16.8 Å². The van der Waals surface area contributed by atoms with Crippen LogP contribution in [0.2, 0.25) is 0 Å². The molecule has 0 radical (unpaired) electrons. The monoisotopic (exact) mass is 306 g/mol. The Morgan fingerprint density at radius 1 is 0.957 bits per heavy atom. The molecule has 0 spiro atoms. The molecule has 0 saturated carbocycles. The van der Waals surface area contributed by atoms with Gasteiger partial charge in [-0.1, -0.05) is 55.8 Å². The van der Waals surface area contributed by atoms with Gasteiger partial charge in [0.2, 0.25) is 5.88 Å². The lowest BCUT2D eigenvalue weighted by molar-refractivity contribution is 0.435. The summed E-state index contributed by atoms with van der Waals surface area (Å²) in [6, 6.07) is 16.2. The number of hydrogen-bond donors (Lipinski definition) is 1. The molecule has 1 N–H and O–H groups in total. The van der Waals surface area contributed by atoms with Crippen molar-refractivity contribution in [3.05, 3.63) is 65.4 Å². The maximum Gasteiger partial charge on any atom is 0.222 e. The first kappa shape index (κ1) is 15.3. The van der Waals surface area contributed by atoms with Crippen molar-refractivity contribution in [1.29, 1.82) is 0 Å². The summed E-state index contributed by atoms with van der Waals surface area (Å²) in [6.07, 6.45) is 0. The maximum absolute atomic E-state index is 10.8. The molecule has 0 bridgehead atoms. The predicted octanol–water partition coefficient (Wildman–Crippen LogP) is 4.99. The van der Waals surface area contributed by atoms with Gasteiger partial charge in [-0.05, 0) is 43.0 Å². The Balaban J connectivity index is 2.21. The molecule has 0 fully saturated rings. The summed E-state index contributed by atoms with van der Waals surface area (Å²) in [5, 5.41) is 15.5. The number of rotatable bonds is 3. The third-order valence-corrected chi connectivity index (χ3v) is 4.02. The minimum absolute atomic E-state index is 0.197. The lowest BCUT2D eigenvalue weighted by Gasteiger charge is -2.06. The van der Waals surface area contributed by atoms with Crippen molar-refractivity contribution in [2.45, 2.75) is 33.6 Å². The fourth-order valence-corrected chi connectivity index (χ4v) is 2.77. The molecule has 0 saturated heterocycles. The average molecular weight is 306 g/mol. The minimum Gasteiger partial charge on any atom is -0.493 e. The van der Waals surface area contributed by atoms with E-state index in [9.17, 15) is 5.11 Å². The summed E-state index contributed by atoms with van der Waals surface area (Å²) >= 11 is 0. The fourth-order valence-electron chi connectivity index (χ4n) is 2.77. The Kier molecular flexibility index (Phi) is 3.95. The first-order chi connectivity index (χ1) is 11.0. The van der Waals surface area contributed by atoms with Gasteiger partial charge in [0.25, 0.3) is 0 Å². The Hall–Kier alpha value is -2.55. The van der Waals surface area contributed by atoms with E-state index >= 15 is 0 Å². The molecule has 0 atom stereocenters. The molecule has 0 unspecified atom stereocenters. The summed E-state index contributed by atoms with van der Waals surface area (Å²) in [7, 11) is 0. The van der Waals surface area contributed by atoms with E-state index in [4.69, 9.17) is 0 Å². The topological polar surface area (TPSA) is 38.0 Å². The van der Waals surface area contributed by atoms with Crippen LogP contribution in [0.15, 0.2) is 48.5 Å². The first-order valence-corrected chi connectivity index (χ1v) is 7.93. The zero-order valence-corrected chi connectivity index (χ0v) is 14.0. The Bertz CT molecular complexity index is 829. The van der Waals surface area contributed by atoms with E-state index in [0.29, 0.717) is 0 Å². The predicted molar refractivity (Wildman–Crippen MR) is 94.2 cm³/mol. The molecule has 3 heteroatoms. The van der Waals surface area contributed by atoms with Crippen molar-refractivity contribution in [2.24, 2.45) is 0 Å². The third kappa shape index (κ3) is 2.87. The van der Waals surface area contributed by atoms with Crippen LogP contribution in [0, 0.1) is 13.8 Å². The van der Waals surface area contributed by atoms with Crippen LogP contribution in [0.5, 0.6) is 5.88 Å². The van der Waals surface area contributed by atoms with Gasteiger partial charge >= 0.3 is 0 Å². The highest BCUT2D eigenvalue weighted by Crippen LogP contribution is 2.37. The van der Waals surface area contributed by atoms with E-state index in [0.717, 1.165) is 28.1 Å². The Morgan fingerprint density at radius 2 is 1.65 bits per heavy atom. The van der Waals surface area contributed by atoms with Crippen LogP contribution in [-0.2, 0) is 0 Å². The van der Waals surface area contributed by atoms with Crippen molar-refractivity contribution >= 4 is 0 Å². The van der Waals surface area contributed by atoms with Crippen LogP contribution < -0.4 is 0 Å². The number of aromatic hydroxyl groups is 1. The van der Waals surface area contributed by atoms with Crippen LogP contribution in [-0.4, -0.2) is 14.9 Å². The van der Waals surface area contributed by atoms with Crippen LogP contribution >= 0.6 is 0 Å². The lowest BCUT2D eigenvalue weighted by atomic mass is 9.99. The normalized spacial score (nSPS) is 11.2. The largest absolute Gasteiger partial charge is 0.493 e. The van der Waals surface area contributed by atoms with Crippen molar-refractivity contribution in [2.75, 3.05) is 0 Å². The average Bonchev–Trinajstić information content (AvgIpc) is 2.86. The van der Waals surface area contributed by atoms with E-state index in [1.807, 2.05) is 43.3 Å².